The van der Waals surface area contributed by atoms with E-state index in [2.05, 4.69) is 0 Å². The topological polar surface area (TPSA) is 81.6 Å². The predicted molar refractivity (Wildman–Crippen MR) is 62.8 cm³/mol. The molecule has 4 N–H and O–H groups in total. The Morgan fingerprint density at radius 1 is 1.56 bits per heavy atom. The Morgan fingerprint density at radius 2 is 2.19 bits per heavy atom. The Hall–Kier alpha value is -0.650. The highest BCUT2D eigenvalue weighted by Crippen LogP contribution is 2.38. The molecule has 0 bridgehead atoms. The van der Waals surface area contributed by atoms with Crippen LogP contribution in [-0.4, -0.2) is 49.7 Å². The van der Waals surface area contributed by atoms with E-state index in [-0.39, 0.29) is 5.92 Å². The molecule has 0 aromatic rings. The number of carbonyl (C=O) groups excluding carboxylic acids is 1. The van der Waals surface area contributed by atoms with Gasteiger partial charge in [-0.25, -0.2) is 0 Å². The van der Waals surface area contributed by atoms with Gasteiger partial charge in [0.1, 0.15) is 5.54 Å². The molecule has 5 heteroatoms. The monoisotopic (exact) mass is 229 g/mol. The van der Waals surface area contributed by atoms with E-state index in [1.807, 2.05) is 18.9 Å². The molecule has 0 spiro atoms. The van der Waals surface area contributed by atoms with Crippen LogP contribution >= 0.6 is 0 Å². The van der Waals surface area contributed by atoms with Crippen molar-refractivity contribution in [3.8, 4) is 0 Å². The van der Waals surface area contributed by atoms with Crippen LogP contribution in [0, 0.1) is 5.92 Å². The van der Waals surface area contributed by atoms with E-state index < -0.39 is 11.4 Å². The van der Waals surface area contributed by atoms with Crippen LogP contribution in [0.15, 0.2) is 0 Å². The first-order valence-corrected chi connectivity index (χ1v) is 5.85. The lowest BCUT2D eigenvalue weighted by Crippen LogP contribution is -2.60. The van der Waals surface area contributed by atoms with Crippen molar-refractivity contribution < 1.29 is 9.53 Å². The number of carbonyl (C=O) groups is 1. The number of hydrogen-bond acceptors (Lipinski definition) is 4. The van der Waals surface area contributed by atoms with Crippen molar-refractivity contribution in [1.82, 2.24) is 4.90 Å². The number of nitrogens with two attached hydrogens (primary N) is 2. The Labute approximate surface area is 97.1 Å². The molecule has 0 saturated heterocycles. The van der Waals surface area contributed by atoms with Crippen molar-refractivity contribution in [2.75, 3.05) is 33.4 Å². The molecule has 1 aliphatic carbocycles. The summed E-state index contributed by atoms with van der Waals surface area (Å²) in [6.45, 7) is 4.61. The number of primary amides is 1. The van der Waals surface area contributed by atoms with Gasteiger partial charge >= 0.3 is 0 Å². The van der Waals surface area contributed by atoms with Crippen molar-refractivity contribution in [3.05, 3.63) is 0 Å². The fourth-order valence-corrected chi connectivity index (χ4v) is 1.90. The molecular weight excluding hydrogens is 206 g/mol. The fourth-order valence-electron chi connectivity index (χ4n) is 1.90. The zero-order valence-corrected chi connectivity index (χ0v) is 10.2. The van der Waals surface area contributed by atoms with Gasteiger partial charge in [0.15, 0.2) is 0 Å². The summed E-state index contributed by atoms with van der Waals surface area (Å²) < 4.78 is 5.26. The summed E-state index contributed by atoms with van der Waals surface area (Å²) in [5.74, 6) is -0.127. The van der Waals surface area contributed by atoms with Crippen molar-refractivity contribution in [3.63, 3.8) is 0 Å². The molecule has 1 amide bonds. The number of ether oxygens (including phenoxy) is 1. The number of amides is 1. The molecular formula is C11H23N3O2. The second-order valence-corrected chi connectivity index (χ2v) is 4.61. The van der Waals surface area contributed by atoms with Gasteiger partial charge in [0.05, 0.1) is 6.61 Å². The van der Waals surface area contributed by atoms with Crippen LogP contribution in [0.4, 0.5) is 0 Å². The highest BCUT2D eigenvalue weighted by atomic mass is 16.5. The third-order valence-electron chi connectivity index (χ3n) is 3.12. The molecule has 1 atom stereocenters. The van der Waals surface area contributed by atoms with E-state index in [0.29, 0.717) is 19.8 Å². The second-order valence-electron chi connectivity index (χ2n) is 4.61. The molecule has 5 nitrogen and oxygen atoms in total. The van der Waals surface area contributed by atoms with Gasteiger partial charge < -0.3 is 21.1 Å². The molecule has 0 radical (unpaired) electrons. The van der Waals surface area contributed by atoms with Gasteiger partial charge in [-0.15, -0.1) is 0 Å². The molecule has 1 aliphatic rings. The zero-order chi connectivity index (χ0) is 12.2. The molecule has 1 unspecified atom stereocenters. The van der Waals surface area contributed by atoms with Crippen LogP contribution in [0.5, 0.6) is 0 Å². The Morgan fingerprint density at radius 3 is 2.62 bits per heavy atom. The van der Waals surface area contributed by atoms with Crippen LogP contribution < -0.4 is 11.5 Å². The van der Waals surface area contributed by atoms with E-state index in [9.17, 15) is 4.79 Å². The molecule has 94 valence electrons. The van der Waals surface area contributed by atoms with Crippen molar-refractivity contribution in [1.29, 1.82) is 0 Å². The van der Waals surface area contributed by atoms with Crippen LogP contribution in [0.3, 0.4) is 0 Å². The average Bonchev–Trinajstić information content (AvgIpc) is 3.00. The normalized spacial score (nSPS) is 19.8. The van der Waals surface area contributed by atoms with E-state index in [1.54, 1.807) is 0 Å². The van der Waals surface area contributed by atoms with Gasteiger partial charge in [-0.1, -0.05) is 0 Å². The summed E-state index contributed by atoms with van der Waals surface area (Å²) in [6, 6.07) is 0. The molecule has 0 aromatic carbocycles. The quantitative estimate of drug-likeness (QED) is 0.552. The first-order chi connectivity index (χ1) is 7.50. The lowest BCUT2D eigenvalue weighted by molar-refractivity contribution is -0.124. The molecule has 16 heavy (non-hydrogen) atoms. The zero-order valence-electron chi connectivity index (χ0n) is 10.2. The number of rotatable bonds is 8. The van der Waals surface area contributed by atoms with Crippen molar-refractivity contribution in [2.45, 2.75) is 25.3 Å². The molecule has 1 rings (SSSR count). The van der Waals surface area contributed by atoms with Gasteiger partial charge in [-0.05, 0) is 32.7 Å². The second kappa shape index (κ2) is 5.61. The Bertz CT molecular complexity index is 243. The maximum atomic E-state index is 11.4. The lowest BCUT2D eigenvalue weighted by atomic mass is 9.93. The number of likely N-dealkylation sites (N-methyl/N-ethyl adjacent to an activating group) is 1. The summed E-state index contributed by atoms with van der Waals surface area (Å²) in [4.78, 5) is 13.4. The van der Waals surface area contributed by atoms with Gasteiger partial charge in [0.25, 0.3) is 0 Å². The molecule has 1 saturated carbocycles. The molecule has 0 aliphatic heterocycles. The van der Waals surface area contributed by atoms with Crippen molar-refractivity contribution in [2.24, 2.45) is 17.4 Å². The van der Waals surface area contributed by atoms with Crippen LogP contribution in [-0.2, 0) is 9.53 Å². The number of nitrogens with zero attached hydrogens (tertiary/aromatic N) is 1. The lowest BCUT2D eigenvalue weighted by Gasteiger charge is -2.30. The van der Waals surface area contributed by atoms with Gasteiger partial charge in [0, 0.05) is 19.7 Å². The van der Waals surface area contributed by atoms with Crippen LogP contribution in [0.25, 0.3) is 0 Å². The summed E-state index contributed by atoms with van der Waals surface area (Å²) >= 11 is 0. The summed E-state index contributed by atoms with van der Waals surface area (Å²) in [5.41, 5.74) is 10.6. The van der Waals surface area contributed by atoms with Crippen LogP contribution in [0.2, 0.25) is 0 Å². The molecule has 0 aromatic heterocycles. The fraction of sp³-hybridized carbons (Fsp3) is 0.909. The minimum atomic E-state index is -0.860. The van der Waals surface area contributed by atoms with E-state index in [0.717, 1.165) is 19.4 Å². The third-order valence-corrected chi connectivity index (χ3v) is 3.12. The average molecular weight is 229 g/mol. The maximum absolute atomic E-state index is 11.4. The van der Waals surface area contributed by atoms with E-state index >= 15 is 0 Å². The summed E-state index contributed by atoms with van der Waals surface area (Å²) in [5, 5.41) is 0. The van der Waals surface area contributed by atoms with Crippen LogP contribution in [0.1, 0.15) is 19.8 Å². The summed E-state index contributed by atoms with van der Waals surface area (Å²) in [7, 11) is 1.94. The van der Waals surface area contributed by atoms with Gasteiger partial charge in [-0.3, -0.25) is 4.79 Å². The minimum Gasteiger partial charge on any atom is -0.380 e. The standard InChI is InChI=1S/C11H23N3O2/c1-3-16-7-6-14(2)8-11(13,10(12)15)9-4-5-9/h9H,3-8,13H2,1-2H3,(H2,12,15). The number of hydrogen-bond donors (Lipinski definition) is 2. The first-order valence-electron chi connectivity index (χ1n) is 5.85. The smallest absolute Gasteiger partial charge is 0.239 e. The van der Waals surface area contributed by atoms with E-state index in [4.69, 9.17) is 16.2 Å². The van der Waals surface area contributed by atoms with Gasteiger partial charge in [0.2, 0.25) is 5.91 Å². The predicted octanol–water partition coefficient (Wildman–Crippen LogP) is -0.452. The molecule has 0 heterocycles. The molecule has 1 fully saturated rings. The van der Waals surface area contributed by atoms with Crippen molar-refractivity contribution >= 4 is 5.91 Å². The largest absolute Gasteiger partial charge is 0.380 e. The highest BCUT2D eigenvalue weighted by molar-refractivity contribution is 5.85. The Kier molecular flexibility index (Phi) is 4.70. The Balaban J connectivity index is 2.39. The minimum absolute atomic E-state index is 0.263. The summed E-state index contributed by atoms with van der Waals surface area (Å²) in [6.07, 6.45) is 2.03. The SMILES string of the molecule is CCOCCN(C)CC(N)(C(N)=O)C1CC1. The third kappa shape index (κ3) is 3.43. The maximum Gasteiger partial charge on any atom is 0.239 e. The first kappa shape index (κ1) is 13.4. The van der Waals surface area contributed by atoms with E-state index in [1.165, 1.54) is 0 Å². The highest BCUT2D eigenvalue weighted by Gasteiger charge is 2.47. The van der Waals surface area contributed by atoms with Gasteiger partial charge in [-0.2, -0.15) is 0 Å².